The topological polar surface area (TPSA) is 113 Å². The third-order valence-corrected chi connectivity index (χ3v) is 8.87. The average molecular weight is 651 g/mol. The Morgan fingerprint density at radius 3 is 2.23 bits per heavy atom. The maximum atomic E-state index is 12.7. The molecule has 4 aromatic rings. The molecule has 3 N–H and O–H groups in total. The van der Waals surface area contributed by atoms with Crippen LogP contribution in [0.1, 0.15) is 59.8 Å². The van der Waals surface area contributed by atoms with Crippen molar-refractivity contribution in [2.75, 3.05) is 20.1 Å². The lowest BCUT2D eigenvalue weighted by Crippen LogP contribution is -2.46. The van der Waals surface area contributed by atoms with Gasteiger partial charge in [-0.15, -0.1) is 0 Å². The first-order chi connectivity index (χ1) is 23.3. The van der Waals surface area contributed by atoms with Crippen molar-refractivity contribution in [1.82, 2.24) is 20.5 Å². The van der Waals surface area contributed by atoms with Crippen LogP contribution >= 0.6 is 0 Å². The Morgan fingerprint density at radius 2 is 1.56 bits per heavy atom. The van der Waals surface area contributed by atoms with Crippen LogP contribution < -0.4 is 10.6 Å². The highest BCUT2D eigenvalue weighted by molar-refractivity contribution is 5.87. The van der Waals surface area contributed by atoms with E-state index in [-0.39, 0.29) is 30.5 Å². The molecular formula is C39H46N4O5. The number of Topliss-reactive ketones (excluding diaryl/α,β-unsaturated/α-hetero) is 1. The zero-order valence-electron chi connectivity index (χ0n) is 27.9. The molecule has 2 amide bonds. The van der Waals surface area contributed by atoms with Gasteiger partial charge in [-0.05, 0) is 54.8 Å². The van der Waals surface area contributed by atoms with E-state index >= 15 is 0 Å². The normalized spacial score (nSPS) is 19.9. The van der Waals surface area contributed by atoms with Crippen LogP contribution in [0.3, 0.4) is 0 Å². The molecule has 1 fully saturated rings. The van der Waals surface area contributed by atoms with Gasteiger partial charge in [0.25, 0.3) is 0 Å². The standard InChI is InChI=1S/C39H46N4O5/c1-27-36(25-43(3)22-20-34-11-7-8-21-40-34)47-38(48-37(27)32-16-14-31(26-44)15-17-32)33-18-12-30(13-19-33)24-41-39(46)42-35(28(2)45)23-29-9-5-4-6-10-29/h4-19,21,27,35-38,44H,20,22-26H2,1-3H3,(H2,41,42,46). The van der Waals surface area contributed by atoms with Crippen molar-refractivity contribution in [2.45, 2.75) is 64.4 Å². The summed E-state index contributed by atoms with van der Waals surface area (Å²) in [7, 11) is 2.10. The first kappa shape index (κ1) is 34.9. The number of pyridine rings is 1. The zero-order chi connectivity index (χ0) is 33.9. The zero-order valence-corrected chi connectivity index (χ0v) is 27.9. The van der Waals surface area contributed by atoms with Crippen LogP contribution in [0.4, 0.5) is 4.79 Å². The molecule has 0 bridgehead atoms. The maximum absolute atomic E-state index is 12.7. The Kier molecular flexibility index (Phi) is 12.5. The van der Waals surface area contributed by atoms with Crippen LogP contribution in [-0.4, -0.2) is 59.1 Å². The maximum Gasteiger partial charge on any atom is 0.315 e. The van der Waals surface area contributed by atoms with Crippen LogP contribution in [0, 0.1) is 5.92 Å². The quantitative estimate of drug-likeness (QED) is 0.164. The Hall–Kier alpha value is -4.41. The summed E-state index contributed by atoms with van der Waals surface area (Å²) < 4.78 is 13.2. The Labute approximate surface area is 283 Å². The molecule has 1 saturated heterocycles. The highest BCUT2D eigenvalue weighted by Crippen LogP contribution is 2.41. The van der Waals surface area contributed by atoms with E-state index in [0.29, 0.717) is 13.0 Å². The molecule has 1 aromatic heterocycles. The molecule has 2 heterocycles. The molecule has 1 aliphatic rings. The fourth-order valence-corrected chi connectivity index (χ4v) is 5.91. The van der Waals surface area contributed by atoms with E-state index in [4.69, 9.17) is 9.47 Å². The number of carbonyl (C=O) groups excluding carboxylic acids is 2. The lowest BCUT2D eigenvalue weighted by atomic mass is 9.90. The minimum Gasteiger partial charge on any atom is -0.392 e. The van der Waals surface area contributed by atoms with Gasteiger partial charge in [0.05, 0.1) is 24.9 Å². The second kappa shape index (κ2) is 17.1. The number of aliphatic hydroxyl groups is 1. The molecule has 9 nitrogen and oxygen atoms in total. The molecule has 0 saturated carbocycles. The highest BCUT2D eigenvalue weighted by atomic mass is 16.7. The van der Waals surface area contributed by atoms with Gasteiger partial charge >= 0.3 is 6.03 Å². The van der Waals surface area contributed by atoms with E-state index in [1.165, 1.54) is 6.92 Å². The number of benzene rings is 3. The highest BCUT2D eigenvalue weighted by Gasteiger charge is 2.38. The number of aromatic nitrogens is 1. The lowest BCUT2D eigenvalue weighted by molar-refractivity contribution is -0.275. The second-order valence-corrected chi connectivity index (χ2v) is 12.6. The van der Waals surface area contributed by atoms with Gasteiger partial charge in [0.2, 0.25) is 0 Å². The van der Waals surface area contributed by atoms with Crippen molar-refractivity contribution < 1.29 is 24.2 Å². The number of carbonyl (C=O) groups is 2. The largest absolute Gasteiger partial charge is 0.392 e. The average Bonchev–Trinajstić information content (AvgIpc) is 3.11. The van der Waals surface area contributed by atoms with Crippen molar-refractivity contribution in [1.29, 1.82) is 0 Å². The number of ketones is 1. The molecule has 1 aliphatic heterocycles. The minimum absolute atomic E-state index is 0.00928. The molecule has 0 radical (unpaired) electrons. The number of urea groups is 1. The van der Waals surface area contributed by atoms with Crippen LogP contribution in [0.5, 0.6) is 0 Å². The molecule has 0 spiro atoms. The van der Waals surface area contributed by atoms with Crippen LogP contribution in [0.15, 0.2) is 103 Å². The Balaban J connectivity index is 1.22. The summed E-state index contributed by atoms with van der Waals surface area (Å²) in [5.74, 6) is -0.0262. The lowest BCUT2D eigenvalue weighted by Gasteiger charge is -2.42. The number of aliphatic hydroxyl groups excluding tert-OH is 1. The van der Waals surface area contributed by atoms with Crippen LogP contribution in [-0.2, 0) is 40.3 Å². The van der Waals surface area contributed by atoms with E-state index in [9.17, 15) is 14.7 Å². The van der Waals surface area contributed by atoms with E-state index in [1.807, 2.05) is 103 Å². The van der Waals surface area contributed by atoms with Gasteiger partial charge in [0.1, 0.15) is 0 Å². The molecule has 9 heteroatoms. The van der Waals surface area contributed by atoms with Crippen molar-refractivity contribution in [3.63, 3.8) is 0 Å². The second-order valence-electron chi connectivity index (χ2n) is 12.6. The molecule has 252 valence electrons. The summed E-state index contributed by atoms with van der Waals surface area (Å²) >= 11 is 0. The summed E-state index contributed by atoms with van der Waals surface area (Å²) in [5.41, 5.74) is 5.72. The van der Waals surface area contributed by atoms with Gasteiger partial charge in [-0.25, -0.2) is 4.79 Å². The predicted octanol–water partition coefficient (Wildman–Crippen LogP) is 5.54. The number of rotatable bonds is 14. The summed E-state index contributed by atoms with van der Waals surface area (Å²) in [6.45, 7) is 5.51. The van der Waals surface area contributed by atoms with E-state index in [2.05, 4.69) is 34.5 Å². The summed E-state index contributed by atoms with van der Waals surface area (Å²) in [6.07, 6.45) is 2.21. The smallest absolute Gasteiger partial charge is 0.315 e. The molecule has 5 unspecified atom stereocenters. The molecular weight excluding hydrogens is 604 g/mol. The predicted molar refractivity (Wildman–Crippen MR) is 185 cm³/mol. The Morgan fingerprint density at radius 1 is 0.875 bits per heavy atom. The van der Waals surface area contributed by atoms with Gasteiger partial charge < -0.3 is 30.1 Å². The number of amides is 2. The summed E-state index contributed by atoms with van der Waals surface area (Å²) in [4.78, 5) is 31.6. The number of likely N-dealkylation sites (N-methyl/N-ethyl adjacent to an activating group) is 1. The van der Waals surface area contributed by atoms with Crippen molar-refractivity contribution >= 4 is 11.8 Å². The third kappa shape index (κ3) is 9.81. The summed E-state index contributed by atoms with van der Waals surface area (Å²) in [6, 6.07) is 30.4. The number of ether oxygens (including phenoxy) is 2. The molecule has 5 rings (SSSR count). The fraction of sp³-hybridized carbons (Fsp3) is 0.359. The number of hydrogen-bond acceptors (Lipinski definition) is 7. The Bertz CT molecular complexity index is 1580. The SMILES string of the molecule is CC(=O)C(Cc1ccccc1)NC(=O)NCc1ccc(C2OC(CN(C)CCc3ccccn3)C(C)C(c3ccc(CO)cc3)O2)cc1. The fourth-order valence-electron chi connectivity index (χ4n) is 5.91. The van der Waals surface area contributed by atoms with Crippen molar-refractivity contribution in [2.24, 2.45) is 5.92 Å². The minimum atomic E-state index is -0.604. The van der Waals surface area contributed by atoms with Crippen molar-refractivity contribution in [3.05, 3.63) is 137 Å². The van der Waals surface area contributed by atoms with Gasteiger partial charge in [0.15, 0.2) is 12.1 Å². The number of hydrogen-bond donors (Lipinski definition) is 3. The van der Waals surface area contributed by atoms with Crippen molar-refractivity contribution in [3.8, 4) is 0 Å². The van der Waals surface area contributed by atoms with Crippen LogP contribution in [0.25, 0.3) is 0 Å². The summed E-state index contributed by atoms with van der Waals surface area (Å²) in [5, 5.41) is 15.2. The van der Waals surface area contributed by atoms with Gasteiger partial charge in [0, 0.05) is 49.4 Å². The van der Waals surface area contributed by atoms with E-state index in [1.54, 1.807) is 0 Å². The van der Waals surface area contributed by atoms with E-state index in [0.717, 1.165) is 53.0 Å². The molecule has 5 atom stereocenters. The number of nitrogens with one attached hydrogen (secondary N) is 2. The monoisotopic (exact) mass is 650 g/mol. The van der Waals surface area contributed by atoms with Crippen LogP contribution in [0.2, 0.25) is 0 Å². The molecule has 48 heavy (non-hydrogen) atoms. The first-order valence-corrected chi connectivity index (χ1v) is 16.6. The van der Waals surface area contributed by atoms with Gasteiger partial charge in [-0.3, -0.25) is 9.78 Å². The van der Waals surface area contributed by atoms with E-state index < -0.39 is 18.4 Å². The first-order valence-electron chi connectivity index (χ1n) is 16.6. The molecule has 0 aliphatic carbocycles. The van der Waals surface area contributed by atoms with Gasteiger partial charge in [-0.2, -0.15) is 0 Å². The number of nitrogens with zero attached hydrogens (tertiary/aromatic N) is 2. The molecule has 3 aromatic carbocycles. The van der Waals surface area contributed by atoms with Gasteiger partial charge in [-0.1, -0.05) is 91.9 Å². The third-order valence-electron chi connectivity index (χ3n) is 8.87.